The SMILES string of the molecule is COc1ccc2c(OCc3nnc4ccc(-c5ccc(Cl)cc5)nn34)ccnc2c1. The molecule has 3 heterocycles. The maximum Gasteiger partial charge on any atom is 0.192 e. The van der Waals surface area contributed by atoms with E-state index in [0.29, 0.717) is 22.2 Å². The number of pyridine rings is 1. The lowest BCUT2D eigenvalue weighted by molar-refractivity contribution is 0.296. The highest BCUT2D eigenvalue weighted by Crippen LogP contribution is 2.27. The molecule has 30 heavy (non-hydrogen) atoms. The molecule has 0 aliphatic heterocycles. The highest BCUT2D eigenvalue weighted by Gasteiger charge is 2.11. The van der Waals surface area contributed by atoms with Gasteiger partial charge in [-0.1, -0.05) is 23.7 Å². The van der Waals surface area contributed by atoms with Crippen LogP contribution in [0.4, 0.5) is 0 Å². The van der Waals surface area contributed by atoms with Crippen LogP contribution in [-0.4, -0.2) is 31.9 Å². The second-order valence-electron chi connectivity index (χ2n) is 6.59. The molecular formula is C22H16ClN5O2. The summed E-state index contributed by atoms with van der Waals surface area (Å²) in [6.07, 6.45) is 1.70. The molecule has 0 saturated carbocycles. The summed E-state index contributed by atoms with van der Waals surface area (Å²) in [5.41, 5.74) is 3.19. The van der Waals surface area contributed by atoms with Crippen LogP contribution in [0.15, 0.2) is 66.9 Å². The van der Waals surface area contributed by atoms with E-state index in [1.54, 1.807) is 17.8 Å². The summed E-state index contributed by atoms with van der Waals surface area (Å²) in [5.74, 6) is 2.04. The van der Waals surface area contributed by atoms with Gasteiger partial charge in [0.15, 0.2) is 11.5 Å². The molecule has 0 aliphatic rings. The summed E-state index contributed by atoms with van der Waals surface area (Å²) in [7, 11) is 1.63. The van der Waals surface area contributed by atoms with Crippen molar-refractivity contribution in [3.8, 4) is 22.8 Å². The molecule has 0 N–H and O–H groups in total. The predicted molar refractivity (Wildman–Crippen MR) is 114 cm³/mol. The van der Waals surface area contributed by atoms with Gasteiger partial charge in [-0.25, -0.2) is 0 Å². The van der Waals surface area contributed by atoms with Crippen LogP contribution in [0.5, 0.6) is 11.5 Å². The van der Waals surface area contributed by atoms with Gasteiger partial charge in [0.1, 0.15) is 18.1 Å². The Morgan fingerprint density at radius 3 is 2.67 bits per heavy atom. The first kappa shape index (κ1) is 18.3. The number of halogens is 1. The van der Waals surface area contributed by atoms with E-state index in [4.69, 9.17) is 21.1 Å². The number of nitrogens with zero attached hydrogens (tertiary/aromatic N) is 5. The third kappa shape index (κ3) is 3.40. The smallest absolute Gasteiger partial charge is 0.192 e. The van der Waals surface area contributed by atoms with Gasteiger partial charge in [0.2, 0.25) is 0 Å². The Kier molecular flexibility index (Phi) is 4.65. The first-order chi connectivity index (χ1) is 14.7. The lowest BCUT2D eigenvalue weighted by Crippen LogP contribution is -2.05. The highest BCUT2D eigenvalue weighted by atomic mass is 35.5. The molecule has 0 amide bonds. The van der Waals surface area contributed by atoms with Crippen molar-refractivity contribution in [2.75, 3.05) is 7.11 Å². The zero-order valence-electron chi connectivity index (χ0n) is 16.0. The Bertz CT molecular complexity index is 1350. The predicted octanol–water partition coefficient (Wildman–Crippen LogP) is 4.58. The molecule has 0 unspecified atom stereocenters. The van der Waals surface area contributed by atoms with Crippen LogP contribution >= 0.6 is 11.6 Å². The quantitative estimate of drug-likeness (QED) is 0.416. The highest BCUT2D eigenvalue weighted by molar-refractivity contribution is 6.30. The van der Waals surface area contributed by atoms with Crippen molar-refractivity contribution in [1.29, 1.82) is 0 Å². The third-order valence-corrected chi connectivity index (χ3v) is 4.99. The van der Waals surface area contributed by atoms with E-state index in [9.17, 15) is 0 Å². The van der Waals surface area contributed by atoms with Gasteiger partial charge in [0, 0.05) is 28.2 Å². The minimum absolute atomic E-state index is 0.212. The molecule has 8 heteroatoms. The Morgan fingerprint density at radius 1 is 0.967 bits per heavy atom. The summed E-state index contributed by atoms with van der Waals surface area (Å²) >= 11 is 5.99. The Hall–Kier alpha value is -3.71. The lowest BCUT2D eigenvalue weighted by Gasteiger charge is -2.09. The normalized spacial score (nSPS) is 11.1. The van der Waals surface area contributed by atoms with Crippen molar-refractivity contribution in [2.45, 2.75) is 6.61 Å². The van der Waals surface area contributed by atoms with Gasteiger partial charge >= 0.3 is 0 Å². The van der Waals surface area contributed by atoms with Crippen LogP contribution in [0.3, 0.4) is 0 Å². The average Bonchev–Trinajstić information content (AvgIpc) is 3.20. The van der Waals surface area contributed by atoms with Gasteiger partial charge in [0.05, 0.1) is 18.3 Å². The second kappa shape index (κ2) is 7.61. The van der Waals surface area contributed by atoms with Crippen molar-refractivity contribution >= 4 is 28.2 Å². The van der Waals surface area contributed by atoms with Crippen LogP contribution in [0.2, 0.25) is 5.02 Å². The second-order valence-corrected chi connectivity index (χ2v) is 7.03. The van der Waals surface area contributed by atoms with E-state index < -0.39 is 0 Å². The van der Waals surface area contributed by atoms with Crippen LogP contribution in [-0.2, 0) is 6.61 Å². The van der Waals surface area contributed by atoms with Gasteiger partial charge in [0.25, 0.3) is 0 Å². The van der Waals surface area contributed by atoms with E-state index in [-0.39, 0.29) is 6.61 Å². The van der Waals surface area contributed by atoms with Crippen LogP contribution in [0.25, 0.3) is 27.8 Å². The maximum absolute atomic E-state index is 6.05. The molecule has 0 bridgehead atoms. The molecule has 2 aromatic carbocycles. The van der Waals surface area contributed by atoms with E-state index in [2.05, 4.69) is 20.3 Å². The molecule has 0 saturated heterocycles. The molecular weight excluding hydrogens is 402 g/mol. The topological polar surface area (TPSA) is 74.4 Å². The molecule has 5 aromatic rings. The minimum Gasteiger partial charge on any atom is -0.497 e. The van der Waals surface area contributed by atoms with Gasteiger partial charge in [-0.15, -0.1) is 10.2 Å². The Morgan fingerprint density at radius 2 is 1.83 bits per heavy atom. The number of hydrogen-bond acceptors (Lipinski definition) is 6. The van der Waals surface area contributed by atoms with Crippen molar-refractivity contribution in [1.82, 2.24) is 24.8 Å². The average molecular weight is 418 g/mol. The number of fused-ring (bicyclic) bond motifs is 2. The summed E-state index contributed by atoms with van der Waals surface area (Å²) in [6.45, 7) is 0.212. The fraction of sp³-hybridized carbons (Fsp3) is 0.0909. The molecule has 0 fully saturated rings. The summed E-state index contributed by atoms with van der Waals surface area (Å²) in [5, 5.41) is 14.7. The molecule has 0 aliphatic carbocycles. The number of methoxy groups -OCH3 is 1. The number of hydrogen-bond donors (Lipinski definition) is 0. The molecule has 5 rings (SSSR count). The Labute approximate surface area is 176 Å². The fourth-order valence-corrected chi connectivity index (χ4v) is 3.32. The first-order valence-corrected chi connectivity index (χ1v) is 9.62. The van der Waals surface area contributed by atoms with E-state index >= 15 is 0 Å². The summed E-state index contributed by atoms with van der Waals surface area (Å²) in [6, 6.07) is 18.8. The fourth-order valence-electron chi connectivity index (χ4n) is 3.19. The number of ether oxygens (including phenoxy) is 2. The number of aromatic nitrogens is 5. The van der Waals surface area contributed by atoms with E-state index in [1.165, 1.54) is 0 Å². The van der Waals surface area contributed by atoms with Crippen LogP contribution in [0.1, 0.15) is 5.82 Å². The molecule has 3 aromatic heterocycles. The number of rotatable bonds is 5. The van der Waals surface area contributed by atoms with Gasteiger partial charge in [-0.3, -0.25) is 4.98 Å². The monoisotopic (exact) mass is 417 g/mol. The van der Waals surface area contributed by atoms with Gasteiger partial charge < -0.3 is 9.47 Å². The number of benzene rings is 2. The van der Waals surface area contributed by atoms with E-state index in [1.807, 2.05) is 60.7 Å². The molecule has 0 atom stereocenters. The summed E-state index contributed by atoms with van der Waals surface area (Å²) in [4.78, 5) is 4.38. The van der Waals surface area contributed by atoms with Crippen molar-refractivity contribution in [3.63, 3.8) is 0 Å². The van der Waals surface area contributed by atoms with Crippen molar-refractivity contribution < 1.29 is 9.47 Å². The largest absolute Gasteiger partial charge is 0.497 e. The standard InChI is InChI=1S/C22H16ClN5O2/c1-29-16-6-7-17-19(12-16)24-11-10-20(17)30-13-22-26-25-21-9-8-18(27-28(21)22)14-2-4-15(23)5-3-14/h2-12H,13H2,1H3. The van der Waals surface area contributed by atoms with Crippen molar-refractivity contribution in [3.05, 3.63) is 77.7 Å². The van der Waals surface area contributed by atoms with E-state index in [0.717, 1.165) is 27.9 Å². The molecule has 0 spiro atoms. The lowest BCUT2D eigenvalue weighted by atomic mass is 10.1. The maximum atomic E-state index is 6.05. The molecule has 7 nitrogen and oxygen atoms in total. The molecule has 0 radical (unpaired) electrons. The zero-order valence-corrected chi connectivity index (χ0v) is 16.7. The zero-order chi connectivity index (χ0) is 20.5. The Balaban J connectivity index is 1.45. The minimum atomic E-state index is 0.212. The third-order valence-electron chi connectivity index (χ3n) is 4.73. The van der Waals surface area contributed by atoms with Crippen LogP contribution in [0, 0.1) is 0 Å². The van der Waals surface area contributed by atoms with Gasteiger partial charge in [-0.2, -0.15) is 9.61 Å². The first-order valence-electron chi connectivity index (χ1n) is 9.24. The van der Waals surface area contributed by atoms with Crippen molar-refractivity contribution in [2.24, 2.45) is 0 Å². The van der Waals surface area contributed by atoms with Gasteiger partial charge in [-0.05, 0) is 42.5 Å². The van der Waals surface area contributed by atoms with Crippen LogP contribution < -0.4 is 9.47 Å². The molecule has 148 valence electrons. The summed E-state index contributed by atoms with van der Waals surface area (Å²) < 4.78 is 13.0.